The Morgan fingerprint density at radius 1 is 0.935 bits per heavy atom. The van der Waals surface area contributed by atoms with E-state index in [1.807, 2.05) is 0 Å². The molecule has 5 rings (SSSR count). The van der Waals surface area contributed by atoms with Crippen LogP contribution in [0.5, 0.6) is 5.75 Å². The molecule has 3 N–H and O–H groups in total. The van der Waals surface area contributed by atoms with Gasteiger partial charge in [-0.25, -0.2) is 4.79 Å². The number of phenolic OH excluding ortho intramolecular Hbond substituents is 1. The van der Waals surface area contributed by atoms with E-state index < -0.39 is 35.0 Å². The molecule has 1 aromatic carbocycles. The third-order valence-electron chi connectivity index (χ3n) is 14.3. The summed E-state index contributed by atoms with van der Waals surface area (Å²) in [5.74, 6) is -0.411. The van der Waals surface area contributed by atoms with Crippen LogP contribution in [0.3, 0.4) is 0 Å². The number of benzene rings is 1. The Hall–Kier alpha value is -2.60. The molecule has 254 valence electrons. The third-order valence-corrected chi connectivity index (χ3v) is 14.3. The normalized spacial score (nSPS) is 39.5. The summed E-state index contributed by atoms with van der Waals surface area (Å²) >= 11 is 0. The maximum Gasteiger partial charge on any atom is 0.331 e. The molecule has 3 fully saturated rings. The number of carbonyl (C=O) groups excluding carboxylic acids is 1. The molecule has 0 aliphatic heterocycles. The van der Waals surface area contributed by atoms with E-state index in [0.29, 0.717) is 25.2 Å². The summed E-state index contributed by atoms with van der Waals surface area (Å²) in [5, 5.41) is 32.0. The van der Waals surface area contributed by atoms with E-state index in [1.54, 1.807) is 30.3 Å². The minimum Gasteiger partial charge on any atom is -0.508 e. The monoisotopic (exact) mass is 634 g/mol. The van der Waals surface area contributed by atoms with Gasteiger partial charge in [0.25, 0.3) is 0 Å². The molecule has 46 heavy (non-hydrogen) atoms. The van der Waals surface area contributed by atoms with Crippen LogP contribution in [0, 0.1) is 50.2 Å². The number of rotatable bonds is 6. The number of allylic oxidation sites excluding steroid dienone is 2. The number of aliphatic carboxylic acids is 1. The first-order valence-electron chi connectivity index (χ1n) is 17.5. The summed E-state index contributed by atoms with van der Waals surface area (Å²) in [5.41, 5.74) is 0.566. The molecule has 2 unspecified atom stereocenters. The van der Waals surface area contributed by atoms with Crippen LogP contribution in [-0.2, 0) is 14.3 Å². The third kappa shape index (κ3) is 5.35. The summed E-state index contributed by atoms with van der Waals surface area (Å²) < 4.78 is 6.04. The summed E-state index contributed by atoms with van der Waals surface area (Å²) in [7, 11) is 0. The fourth-order valence-corrected chi connectivity index (χ4v) is 11.3. The van der Waals surface area contributed by atoms with E-state index in [4.69, 9.17) is 4.74 Å². The van der Waals surface area contributed by atoms with Crippen molar-refractivity contribution in [2.24, 2.45) is 50.2 Å². The topological polar surface area (TPSA) is 104 Å². The molecule has 0 amide bonds. The highest BCUT2D eigenvalue weighted by Crippen LogP contribution is 2.73. The van der Waals surface area contributed by atoms with E-state index >= 15 is 0 Å². The standard InChI is InChI=1S/C40H58O6/c1-10-40(34(44)45)22-21-35(2,3)23-28(40)27-16-17-31-38(8)24-29(42)33(46-32(43)18-13-25-11-14-26(41)15-12-25)36(4,5)30(38)19-20-39(31,9)37(27,6)7/h11-16,18,28-31,33,41-42H,10,17,19-24H2,1-9H3,(H,44,45)/b18-13-/t28-,29+,30?,31?,33-,38-,39+,40+/m0/s1. The predicted molar refractivity (Wildman–Crippen MR) is 182 cm³/mol. The molecule has 4 aliphatic carbocycles. The van der Waals surface area contributed by atoms with Gasteiger partial charge in [0.2, 0.25) is 0 Å². The van der Waals surface area contributed by atoms with Crippen molar-refractivity contribution in [2.75, 3.05) is 0 Å². The molecule has 0 aromatic heterocycles. The minimum atomic E-state index is -0.794. The molecule has 0 bridgehead atoms. The second-order valence-corrected chi connectivity index (χ2v) is 17.7. The van der Waals surface area contributed by atoms with Crippen LogP contribution in [-0.4, -0.2) is 39.5 Å². The van der Waals surface area contributed by atoms with E-state index in [2.05, 4.69) is 68.4 Å². The molecule has 1 aromatic rings. The minimum absolute atomic E-state index is 0.00358. The first kappa shape index (κ1) is 34.7. The Morgan fingerprint density at radius 2 is 1.59 bits per heavy atom. The van der Waals surface area contributed by atoms with Gasteiger partial charge in [-0.3, -0.25) is 4.79 Å². The van der Waals surface area contributed by atoms with Crippen LogP contribution in [0.2, 0.25) is 0 Å². The number of phenols is 1. The maximum absolute atomic E-state index is 13.0. The number of hydrogen-bond donors (Lipinski definition) is 3. The second-order valence-electron chi connectivity index (χ2n) is 17.7. The highest BCUT2D eigenvalue weighted by molar-refractivity contribution is 5.87. The molecule has 0 saturated heterocycles. The number of ether oxygens (including phenoxy) is 1. The number of aliphatic hydroxyl groups excluding tert-OH is 1. The van der Waals surface area contributed by atoms with Gasteiger partial charge in [0.15, 0.2) is 0 Å². The number of fused-ring (bicyclic) bond motifs is 3. The van der Waals surface area contributed by atoms with Crippen LogP contribution in [0.4, 0.5) is 0 Å². The number of carboxylic acid groups (broad SMARTS) is 1. The van der Waals surface area contributed by atoms with Crippen molar-refractivity contribution in [3.63, 3.8) is 0 Å². The molecule has 0 radical (unpaired) electrons. The number of carboxylic acids is 1. The molecule has 4 aliphatic rings. The number of esters is 1. The van der Waals surface area contributed by atoms with Gasteiger partial charge in [-0.05, 0) is 115 Å². The highest BCUT2D eigenvalue weighted by Gasteiger charge is 2.68. The Kier molecular flexibility index (Phi) is 8.70. The fraction of sp³-hybridized carbons (Fsp3) is 0.700. The summed E-state index contributed by atoms with van der Waals surface area (Å²) in [6.45, 7) is 20.5. The zero-order valence-electron chi connectivity index (χ0n) is 29.7. The van der Waals surface area contributed by atoms with E-state index in [-0.39, 0.29) is 39.2 Å². The number of carbonyl (C=O) groups is 2. The Morgan fingerprint density at radius 3 is 2.20 bits per heavy atom. The molecule has 0 spiro atoms. The molecule has 3 saturated carbocycles. The van der Waals surface area contributed by atoms with E-state index in [1.165, 1.54) is 11.6 Å². The van der Waals surface area contributed by atoms with E-state index in [0.717, 1.165) is 37.7 Å². The van der Waals surface area contributed by atoms with Crippen molar-refractivity contribution in [2.45, 2.75) is 126 Å². The Balaban J connectivity index is 1.44. The van der Waals surface area contributed by atoms with Crippen LogP contribution in [0.15, 0.2) is 42.0 Å². The van der Waals surface area contributed by atoms with Gasteiger partial charge in [0, 0.05) is 11.5 Å². The lowest BCUT2D eigenvalue weighted by Crippen LogP contribution is -2.66. The molecular formula is C40H58O6. The first-order chi connectivity index (χ1) is 21.2. The van der Waals surface area contributed by atoms with Gasteiger partial charge in [0.1, 0.15) is 11.9 Å². The predicted octanol–water partition coefficient (Wildman–Crippen LogP) is 8.81. The van der Waals surface area contributed by atoms with Gasteiger partial charge in [-0.2, -0.15) is 0 Å². The smallest absolute Gasteiger partial charge is 0.331 e. The molecule has 0 heterocycles. The van der Waals surface area contributed by atoms with Crippen molar-refractivity contribution < 1.29 is 29.6 Å². The molecule has 6 nitrogen and oxygen atoms in total. The average Bonchev–Trinajstić information content (AvgIpc) is 2.95. The van der Waals surface area contributed by atoms with Crippen molar-refractivity contribution in [1.82, 2.24) is 0 Å². The van der Waals surface area contributed by atoms with E-state index in [9.17, 15) is 24.9 Å². The van der Waals surface area contributed by atoms with Gasteiger partial charge in [-0.1, -0.05) is 86.1 Å². The second kappa shape index (κ2) is 11.5. The highest BCUT2D eigenvalue weighted by atomic mass is 16.6. The van der Waals surface area contributed by atoms with Crippen LogP contribution in [0.25, 0.3) is 6.08 Å². The van der Waals surface area contributed by atoms with Gasteiger partial charge < -0.3 is 20.1 Å². The first-order valence-corrected chi connectivity index (χ1v) is 17.5. The van der Waals surface area contributed by atoms with Crippen molar-refractivity contribution in [3.05, 3.63) is 47.6 Å². The van der Waals surface area contributed by atoms with Crippen LogP contribution in [0.1, 0.15) is 119 Å². The molecule has 6 heteroatoms. The lowest BCUT2D eigenvalue weighted by Gasteiger charge is -2.69. The van der Waals surface area contributed by atoms with Crippen LogP contribution >= 0.6 is 0 Å². The fourth-order valence-electron chi connectivity index (χ4n) is 11.3. The maximum atomic E-state index is 13.0. The quantitative estimate of drug-likeness (QED) is 0.164. The SMILES string of the molecule is CC[C@@]1(C(=O)O)CCC(C)(C)C[C@H]1C1=CCC2[C@@]3(C)C[C@@H](O)[C@H](OC(=O)/C=C\c4ccc(O)cc4)C(C)(C)C3CC[C@@]2(C)C1(C)C. The van der Waals surface area contributed by atoms with Gasteiger partial charge in [-0.15, -0.1) is 0 Å². The summed E-state index contributed by atoms with van der Waals surface area (Å²) in [4.78, 5) is 26.0. The zero-order chi connectivity index (χ0) is 34.1. The number of aromatic hydroxyl groups is 1. The number of aliphatic hydroxyl groups is 1. The largest absolute Gasteiger partial charge is 0.508 e. The zero-order valence-corrected chi connectivity index (χ0v) is 29.7. The van der Waals surface area contributed by atoms with Crippen LogP contribution < -0.4 is 0 Å². The summed E-state index contributed by atoms with van der Waals surface area (Å²) in [6.07, 6.45) is 10.7. The van der Waals surface area contributed by atoms with Crippen molar-refractivity contribution in [3.8, 4) is 5.75 Å². The lowest BCUT2D eigenvalue weighted by molar-refractivity contribution is -0.233. The Labute approximate surface area is 276 Å². The van der Waals surface area contributed by atoms with Crippen molar-refractivity contribution >= 4 is 18.0 Å². The van der Waals surface area contributed by atoms with Gasteiger partial charge >= 0.3 is 11.9 Å². The average molecular weight is 635 g/mol. The van der Waals surface area contributed by atoms with Crippen molar-refractivity contribution in [1.29, 1.82) is 0 Å². The summed E-state index contributed by atoms with van der Waals surface area (Å²) in [6, 6.07) is 6.61. The molecule has 8 atom stereocenters. The number of hydrogen-bond acceptors (Lipinski definition) is 5. The Bertz CT molecular complexity index is 1400. The van der Waals surface area contributed by atoms with Gasteiger partial charge in [0.05, 0.1) is 11.5 Å². The molecular weight excluding hydrogens is 576 g/mol. The lowest BCUT2D eigenvalue weighted by atomic mass is 9.35.